The number of carbonyl (C=O) groups is 1. The largest absolute Gasteiger partial charge is 0.460 e. The first kappa shape index (κ1) is 8.53. The number of esters is 1. The van der Waals surface area contributed by atoms with E-state index in [1.807, 2.05) is 20.8 Å². The van der Waals surface area contributed by atoms with Crippen LogP contribution in [0.1, 0.15) is 27.7 Å². The third-order valence-corrected chi connectivity index (χ3v) is 1.84. The van der Waals surface area contributed by atoms with Crippen LogP contribution in [0.25, 0.3) is 0 Å². The molecule has 1 saturated heterocycles. The first-order chi connectivity index (χ1) is 4.93. The first-order valence-electron chi connectivity index (χ1n) is 3.78. The van der Waals surface area contributed by atoms with Gasteiger partial charge in [-0.15, -0.1) is 0 Å². The predicted octanol–water partition coefficient (Wildman–Crippen LogP) is 1.12. The van der Waals surface area contributed by atoms with Crippen LogP contribution in [0.3, 0.4) is 0 Å². The second-order valence-corrected chi connectivity index (χ2v) is 3.46. The highest BCUT2D eigenvalue weighted by Crippen LogP contribution is 2.38. The van der Waals surface area contributed by atoms with Crippen LogP contribution in [-0.2, 0) is 14.3 Å². The molecule has 1 aliphatic heterocycles. The highest BCUT2D eigenvalue weighted by atomic mass is 16.6. The molecule has 0 spiro atoms. The fraction of sp³-hybridized carbons (Fsp3) is 0.875. The second-order valence-electron chi connectivity index (χ2n) is 3.46. The average molecular weight is 158 g/mol. The first-order valence-corrected chi connectivity index (χ1v) is 3.78. The van der Waals surface area contributed by atoms with Crippen molar-refractivity contribution >= 4 is 5.97 Å². The Bertz CT molecular complexity index is 174. The summed E-state index contributed by atoms with van der Waals surface area (Å²) in [5, 5.41) is 0. The lowest BCUT2D eigenvalue weighted by Crippen LogP contribution is -2.22. The molecule has 0 aromatic rings. The van der Waals surface area contributed by atoms with Crippen LogP contribution in [0.5, 0.6) is 0 Å². The molecule has 1 fully saturated rings. The zero-order valence-electron chi connectivity index (χ0n) is 7.38. The Morgan fingerprint density at radius 2 is 2.09 bits per heavy atom. The lowest BCUT2D eigenvalue weighted by Gasteiger charge is -2.08. The normalized spacial score (nSPS) is 29.3. The Morgan fingerprint density at radius 1 is 1.64 bits per heavy atom. The molecule has 0 bridgehead atoms. The van der Waals surface area contributed by atoms with Crippen LogP contribution in [0.4, 0.5) is 0 Å². The maximum absolute atomic E-state index is 10.5. The quantitative estimate of drug-likeness (QED) is 0.446. The third kappa shape index (κ3) is 1.93. The van der Waals surface area contributed by atoms with Gasteiger partial charge < -0.3 is 9.47 Å². The van der Waals surface area contributed by atoms with Crippen molar-refractivity contribution in [1.82, 2.24) is 0 Å². The summed E-state index contributed by atoms with van der Waals surface area (Å²) in [5.41, 5.74) is -0.102. The number of rotatable bonds is 2. The van der Waals surface area contributed by atoms with Crippen LogP contribution in [0.15, 0.2) is 0 Å². The highest BCUT2D eigenvalue weighted by molar-refractivity contribution is 5.66. The number of hydrogen-bond acceptors (Lipinski definition) is 3. The van der Waals surface area contributed by atoms with E-state index >= 15 is 0 Å². The summed E-state index contributed by atoms with van der Waals surface area (Å²) in [5.74, 6) is -0.246. The smallest absolute Gasteiger partial charge is 0.302 e. The van der Waals surface area contributed by atoms with Crippen molar-refractivity contribution in [3.63, 3.8) is 0 Å². The van der Waals surface area contributed by atoms with Crippen LogP contribution >= 0.6 is 0 Å². The van der Waals surface area contributed by atoms with E-state index in [0.717, 1.165) is 0 Å². The second kappa shape index (κ2) is 2.48. The van der Waals surface area contributed by atoms with Crippen molar-refractivity contribution in [2.45, 2.75) is 45.5 Å². The van der Waals surface area contributed by atoms with Crippen molar-refractivity contribution in [2.24, 2.45) is 0 Å². The van der Waals surface area contributed by atoms with Gasteiger partial charge in [0, 0.05) is 6.92 Å². The summed E-state index contributed by atoms with van der Waals surface area (Å²) >= 11 is 0. The van der Waals surface area contributed by atoms with Crippen LogP contribution in [0.2, 0.25) is 0 Å². The minimum atomic E-state index is -0.246. The summed E-state index contributed by atoms with van der Waals surface area (Å²) in [6.45, 7) is 7.22. The Balaban J connectivity index is 2.34. The molecule has 0 radical (unpaired) electrons. The molecule has 0 aromatic carbocycles. The maximum atomic E-state index is 10.5. The molecule has 64 valence electrons. The van der Waals surface area contributed by atoms with Gasteiger partial charge in [-0.3, -0.25) is 4.79 Å². The lowest BCUT2D eigenvalue weighted by molar-refractivity contribution is -0.146. The van der Waals surface area contributed by atoms with E-state index in [1.54, 1.807) is 0 Å². The molecule has 0 unspecified atom stereocenters. The lowest BCUT2D eigenvalue weighted by atomic mass is 10.1. The number of carbonyl (C=O) groups excluding carboxylic acids is 1. The van der Waals surface area contributed by atoms with Crippen molar-refractivity contribution < 1.29 is 14.3 Å². The molecular formula is C8H14O3. The van der Waals surface area contributed by atoms with E-state index in [9.17, 15) is 4.79 Å². The summed E-state index contributed by atoms with van der Waals surface area (Å²) < 4.78 is 10.2. The zero-order valence-corrected chi connectivity index (χ0v) is 7.38. The summed E-state index contributed by atoms with van der Waals surface area (Å²) in [6.07, 6.45) is -0.0473. The average Bonchev–Trinajstić information content (AvgIpc) is 2.38. The zero-order chi connectivity index (χ0) is 8.65. The van der Waals surface area contributed by atoms with Gasteiger partial charge in [0.15, 0.2) is 0 Å². The molecule has 0 saturated carbocycles. The maximum Gasteiger partial charge on any atom is 0.302 e. The Labute approximate surface area is 66.7 Å². The number of hydrogen-bond donors (Lipinski definition) is 0. The topological polar surface area (TPSA) is 38.8 Å². The van der Waals surface area contributed by atoms with Gasteiger partial charge in [-0.2, -0.15) is 0 Å². The van der Waals surface area contributed by atoms with Crippen molar-refractivity contribution in [3.05, 3.63) is 0 Å². The standard InChI is InChI=1S/C8H14O3/c1-5(10-6(2)9)7-8(3,4)11-7/h5,7H,1-4H3/t5-,7-/m0/s1. The Hall–Kier alpha value is -0.570. The molecule has 3 nitrogen and oxygen atoms in total. The molecule has 0 aliphatic carbocycles. The molecule has 0 N–H and O–H groups in total. The van der Waals surface area contributed by atoms with Crippen molar-refractivity contribution in [1.29, 1.82) is 0 Å². The highest BCUT2D eigenvalue weighted by Gasteiger charge is 2.52. The van der Waals surface area contributed by atoms with Crippen LogP contribution in [-0.4, -0.2) is 23.8 Å². The summed E-state index contributed by atoms with van der Waals surface area (Å²) in [7, 11) is 0. The molecule has 1 heterocycles. The van der Waals surface area contributed by atoms with E-state index in [2.05, 4.69) is 0 Å². The van der Waals surface area contributed by atoms with Gasteiger partial charge in [0.1, 0.15) is 12.2 Å². The SMILES string of the molecule is CC(=O)O[C@@H](C)[C@@H]1OC1(C)C. The molecular weight excluding hydrogens is 144 g/mol. The van der Waals surface area contributed by atoms with Gasteiger partial charge in [0.2, 0.25) is 0 Å². The summed E-state index contributed by atoms with van der Waals surface area (Å²) in [4.78, 5) is 10.5. The summed E-state index contributed by atoms with van der Waals surface area (Å²) in [6, 6.07) is 0. The Kier molecular flexibility index (Phi) is 1.92. The molecule has 3 heteroatoms. The number of ether oxygens (including phenoxy) is 2. The number of epoxide rings is 1. The fourth-order valence-corrected chi connectivity index (χ4v) is 1.28. The van der Waals surface area contributed by atoms with E-state index < -0.39 is 0 Å². The molecule has 2 atom stereocenters. The Morgan fingerprint density at radius 3 is 2.36 bits per heavy atom. The van der Waals surface area contributed by atoms with Crippen molar-refractivity contribution in [2.75, 3.05) is 0 Å². The predicted molar refractivity (Wildman–Crippen MR) is 40.2 cm³/mol. The molecule has 0 aromatic heterocycles. The van der Waals surface area contributed by atoms with Crippen molar-refractivity contribution in [3.8, 4) is 0 Å². The molecule has 1 rings (SSSR count). The van der Waals surface area contributed by atoms with Gasteiger partial charge >= 0.3 is 5.97 Å². The fourth-order valence-electron chi connectivity index (χ4n) is 1.28. The van der Waals surface area contributed by atoms with Gasteiger partial charge in [0.05, 0.1) is 5.60 Å². The van der Waals surface area contributed by atoms with E-state index in [1.165, 1.54) is 6.92 Å². The van der Waals surface area contributed by atoms with Gasteiger partial charge in [0.25, 0.3) is 0 Å². The molecule has 0 amide bonds. The minimum Gasteiger partial charge on any atom is -0.460 e. The minimum absolute atomic E-state index is 0.0754. The molecule has 11 heavy (non-hydrogen) atoms. The van der Waals surface area contributed by atoms with Gasteiger partial charge in [-0.25, -0.2) is 0 Å². The van der Waals surface area contributed by atoms with Gasteiger partial charge in [-0.1, -0.05) is 0 Å². The van der Waals surface area contributed by atoms with Crippen LogP contribution < -0.4 is 0 Å². The monoisotopic (exact) mass is 158 g/mol. The van der Waals surface area contributed by atoms with E-state index in [0.29, 0.717) is 0 Å². The van der Waals surface area contributed by atoms with Crippen LogP contribution in [0, 0.1) is 0 Å². The molecule has 1 aliphatic rings. The van der Waals surface area contributed by atoms with E-state index in [-0.39, 0.29) is 23.8 Å². The van der Waals surface area contributed by atoms with Gasteiger partial charge in [-0.05, 0) is 20.8 Å². The third-order valence-electron chi connectivity index (χ3n) is 1.84. The van der Waals surface area contributed by atoms with E-state index in [4.69, 9.17) is 9.47 Å².